The van der Waals surface area contributed by atoms with Gasteiger partial charge in [0, 0.05) is 63.1 Å². The monoisotopic (exact) mass is 393 g/mol. The summed E-state index contributed by atoms with van der Waals surface area (Å²) in [5, 5.41) is 15.4. The van der Waals surface area contributed by atoms with Gasteiger partial charge in [0.2, 0.25) is 5.91 Å². The molecule has 1 fully saturated rings. The number of hydrogen-bond donors (Lipinski definition) is 2. The van der Waals surface area contributed by atoms with Gasteiger partial charge >= 0.3 is 0 Å². The lowest BCUT2D eigenvalue weighted by Gasteiger charge is -2.37. The highest BCUT2D eigenvalue weighted by molar-refractivity contribution is 5.81. The van der Waals surface area contributed by atoms with E-state index >= 15 is 0 Å². The van der Waals surface area contributed by atoms with Crippen LogP contribution in [0.1, 0.15) is 73.1 Å². The van der Waals surface area contributed by atoms with E-state index in [1.807, 2.05) is 11.8 Å². The smallest absolute Gasteiger partial charge is 0.223 e. The highest BCUT2D eigenvalue weighted by atomic mass is 16.5. The van der Waals surface area contributed by atoms with Crippen molar-refractivity contribution in [2.75, 3.05) is 26.2 Å². The number of hydroxylamine groups is 2. The van der Waals surface area contributed by atoms with E-state index in [-0.39, 0.29) is 23.3 Å². The molecule has 28 heavy (non-hydrogen) atoms. The normalized spacial score (nSPS) is 21.8. The van der Waals surface area contributed by atoms with E-state index in [1.165, 1.54) is 10.6 Å². The summed E-state index contributed by atoms with van der Waals surface area (Å²) in [7, 11) is 0. The first-order chi connectivity index (χ1) is 13.1. The van der Waals surface area contributed by atoms with E-state index in [9.17, 15) is 14.8 Å². The van der Waals surface area contributed by atoms with Crippen molar-refractivity contribution in [1.82, 2.24) is 15.3 Å². The SMILES string of the molecule is CCC(=O)[C@@H]1CNC(CCN(O)C2CCN(C(=O)CC(C)(C)C)CC2)=C(C)C1. The van der Waals surface area contributed by atoms with Crippen LogP contribution in [0, 0.1) is 11.3 Å². The van der Waals surface area contributed by atoms with Crippen LogP contribution in [0.2, 0.25) is 0 Å². The molecule has 0 aromatic rings. The van der Waals surface area contributed by atoms with Gasteiger partial charge in [-0.15, -0.1) is 0 Å². The molecule has 0 saturated carbocycles. The van der Waals surface area contributed by atoms with Gasteiger partial charge in [0.15, 0.2) is 0 Å². The molecule has 2 aliphatic heterocycles. The molecule has 0 aliphatic carbocycles. The quantitative estimate of drug-likeness (QED) is 0.649. The molecule has 0 bridgehead atoms. The van der Waals surface area contributed by atoms with Crippen LogP contribution in [-0.4, -0.2) is 59.1 Å². The first kappa shape index (κ1) is 22.9. The van der Waals surface area contributed by atoms with Crippen LogP contribution in [-0.2, 0) is 9.59 Å². The Hall–Kier alpha value is -1.40. The van der Waals surface area contributed by atoms with E-state index in [0.717, 1.165) is 44.5 Å². The molecule has 1 atom stereocenters. The average molecular weight is 394 g/mol. The van der Waals surface area contributed by atoms with Crippen molar-refractivity contribution < 1.29 is 14.8 Å². The predicted octanol–water partition coefficient (Wildman–Crippen LogP) is 3.36. The van der Waals surface area contributed by atoms with Gasteiger partial charge in [-0.2, -0.15) is 5.06 Å². The van der Waals surface area contributed by atoms with Crippen LogP contribution in [0.5, 0.6) is 0 Å². The molecular weight excluding hydrogens is 354 g/mol. The van der Waals surface area contributed by atoms with Crippen molar-refractivity contribution in [1.29, 1.82) is 0 Å². The number of allylic oxidation sites excluding steroid dienone is 1. The number of ketones is 1. The van der Waals surface area contributed by atoms with Crippen LogP contribution >= 0.6 is 0 Å². The van der Waals surface area contributed by atoms with Crippen LogP contribution in [0.4, 0.5) is 0 Å². The molecule has 2 heterocycles. The number of likely N-dealkylation sites (tertiary alicyclic amines) is 1. The van der Waals surface area contributed by atoms with Crippen LogP contribution in [0.15, 0.2) is 11.3 Å². The summed E-state index contributed by atoms with van der Waals surface area (Å²) in [6, 6.07) is 0.109. The zero-order chi connectivity index (χ0) is 20.9. The van der Waals surface area contributed by atoms with E-state index in [4.69, 9.17) is 0 Å². The number of carbonyl (C=O) groups is 2. The molecule has 2 aliphatic rings. The third kappa shape index (κ3) is 6.59. The minimum absolute atomic E-state index is 0.0102. The molecular formula is C22H39N3O3. The second-order valence-electron chi connectivity index (χ2n) is 9.62. The second kappa shape index (κ2) is 9.88. The first-order valence-corrected chi connectivity index (χ1v) is 10.8. The Labute approximate surface area is 170 Å². The lowest BCUT2D eigenvalue weighted by molar-refractivity contribution is -0.149. The van der Waals surface area contributed by atoms with E-state index in [1.54, 1.807) is 0 Å². The summed E-state index contributed by atoms with van der Waals surface area (Å²) in [4.78, 5) is 26.2. The molecule has 1 amide bonds. The summed E-state index contributed by atoms with van der Waals surface area (Å²) in [5.41, 5.74) is 2.40. The fraction of sp³-hybridized carbons (Fsp3) is 0.818. The lowest BCUT2D eigenvalue weighted by atomic mass is 9.89. The molecule has 6 nitrogen and oxygen atoms in total. The number of carbonyl (C=O) groups excluding carboxylic acids is 2. The Kier molecular flexibility index (Phi) is 8.07. The van der Waals surface area contributed by atoms with Crippen LogP contribution in [0.25, 0.3) is 0 Å². The molecule has 2 N–H and O–H groups in total. The predicted molar refractivity (Wildman–Crippen MR) is 111 cm³/mol. The van der Waals surface area contributed by atoms with Crippen molar-refractivity contribution in [3.63, 3.8) is 0 Å². The van der Waals surface area contributed by atoms with Gasteiger partial charge in [-0.3, -0.25) is 9.59 Å². The summed E-state index contributed by atoms with van der Waals surface area (Å²) in [6.45, 7) is 13.0. The van der Waals surface area contributed by atoms with Crippen LogP contribution in [0.3, 0.4) is 0 Å². The molecule has 2 rings (SSSR count). The highest BCUT2D eigenvalue weighted by Gasteiger charge is 2.29. The molecule has 0 aromatic heterocycles. The third-order valence-electron chi connectivity index (χ3n) is 5.94. The number of amides is 1. The molecule has 160 valence electrons. The number of piperidine rings is 1. The van der Waals surface area contributed by atoms with E-state index in [2.05, 4.69) is 33.0 Å². The van der Waals surface area contributed by atoms with Gasteiger partial charge in [0.1, 0.15) is 5.78 Å². The van der Waals surface area contributed by atoms with E-state index in [0.29, 0.717) is 31.7 Å². The second-order valence-corrected chi connectivity index (χ2v) is 9.62. The number of Topliss-reactive ketones (excluding diaryl/α,β-unsaturated/α-hetero) is 1. The Morgan fingerprint density at radius 3 is 2.43 bits per heavy atom. The third-order valence-corrected chi connectivity index (χ3v) is 5.94. The van der Waals surface area contributed by atoms with Gasteiger partial charge in [0.05, 0.1) is 0 Å². The lowest BCUT2D eigenvalue weighted by Crippen LogP contribution is -2.46. The van der Waals surface area contributed by atoms with Crippen molar-refractivity contribution in [2.45, 2.75) is 79.2 Å². The first-order valence-electron chi connectivity index (χ1n) is 10.8. The van der Waals surface area contributed by atoms with Crippen LogP contribution < -0.4 is 5.32 Å². The zero-order valence-corrected chi connectivity index (χ0v) is 18.4. The Morgan fingerprint density at radius 1 is 1.25 bits per heavy atom. The summed E-state index contributed by atoms with van der Waals surface area (Å²) < 4.78 is 0. The summed E-state index contributed by atoms with van der Waals surface area (Å²) >= 11 is 0. The van der Waals surface area contributed by atoms with Crippen molar-refractivity contribution in [3.8, 4) is 0 Å². The van der Waals surface area contributed by atoms with Crippen molar-refractivity contribution in [2.24, 2.45) is 11.3 Å². The van der Waals surface area contributed by atoms with Gasteiger partial charge in [0.25, 0.3) is 0 Å². The van der Waals surface area contributed by atoms with Gasteiger partial charge in [-0.25, -0.2) is 0 Å². The fourth-order valence-corrected chi connectivity index (χ4v) is 4.17. The molecule has 0 spiro atoms. The maximum atomic E-state index is 12.4. The van der Waals surface area contributed by atoms with Crippen molar-refractivity contribution >= 4 is 11.7 Å². The summed E-state index contributed by atoms with van der Waals surface area (Å²) in [5.74, 6) is 0.634. The Balaban J connectivity index is 1.77. The average Bonchev–Trinajstić information content (AvgIpc) is 2.64. The number of rotatable bonds is 7. The Morgan fingerprint density at radius 2 is 1.89 bits per heavy atom. The molecule has 0 radical (unpaired) electrons. The largest absolute Gasteiger partial charge is 0.388 e. The molecule has 0 aromatic carbocycles. The number of hydrogen-bond acceptors (Lipinski definition) is 5. The standard InChI is InChI=1S/C22H39N3O3/c1-6-20(26)17-13-16(2)19(23-15-17)9-12-25(28)18-7-10-24(11-8-18)21(27)14-22(3,4)5/h17-18,23,28H,6-15H2,1-5H3/t17-/m0/s1. The van der Waals surface area contributed by atoms with Gasteiger partial charge in [-0.05, 0) is 31.6 Å². The zero-order valence-electron chi connectivity index (χ0n) is 18.4. The molecule has 1 saturated heterocycles. The summed E-state index contributed by atoms with van der Waals surface area (Å²) in [6.07, 6.45) is 4.38. The fourth-order valence-electron chi connectivity index (χ4n) is 4.17. The topological polar surface area (TPSA) is 72.9 Å². The highest BCUT2D eigenvalue weighted by Crippen LogP contribution is 2.25. The molecule has 6 heteroatoms. The maximum Gasteiger partial charge on any atom is 0.223 e. The van der Waals surface area contributed by atoms with E-state index < -0.39 is 0 Å². The Bertz CT molecular complexity index is 586. The number of nitrogens with zero attached hydrogens (tertiary/aromatic N) is 2. The number of nitrogens with one attached hydrogen (secondary N) is 1. The minimum atomic E-state index is 0.0102. The van der Waals surface area contributed by atoms with Gasteiger partial charge in [-0.1, -0.05) is 33.3 Å². The molecule has 0 unspecified atom stereocenters. The maximum absolute atomic E-state index is 12.4. The van der Waals surface area contributed by atoms with Crippen molar-refractivity contribution in [3.05, 3.63) is 11.3 Å². The minimum Gasteiger partial charge on any atom is -0.388 e. The van der Waals surface area contributed by atoms with Gasteiger partial charge < -0.3 is 15.4 Å².